The molecule has 0 aliphatic heterocycles. The minimum Gasteiger partial charge on any atom is -0.357 e. The molecule has 3 aromatic carbocycles. The van der Waals surface area contributed by atoms with Crippen molar-refractivity contribution in [2.45, 2.75) is 58.4 Å². The van der Waals surface area contributed by atoms with Crippen molar-refractivity contribution in [3.05, 3.63) is 107 Å². The van der Waals surface area contributed by atoms with Crippen LogP contribution in [-0.4, -0.2) is 30.7 Å². The van der Waals surface area contributed by atoms with Gasteiger partial charge in [-0.3, -0.25) is 14.4 Å². The lowest BCUT2D eigenvalue weighted by molar-refractivity contribution is -0.147. The third-order valence-electron chi connectivity index (χ3n) is 7.01. The number of amides is 2. The van der Waals surface area contributed by atoms with Crippen LogP contribution in [0.5, 0.6) is 0 Å². The van der Waals surface area contributed by atoms with Crippen LogP contribution in [0.1, 0.15) is 55.9 Å². The van der Waals surface area contributed by atoms with Crippen LogP contribution < -0.4 is 10.6 Å². The summed E-state index contributed by atoms with van der Waals surface area (Å²) < 4.78 is 30.8. The van der Waals surface area contributed by atoms with E-state index in [1.54, 1.807) is 32.9 Å². The van der Waals surface area contributed by atoms with E-state index in [2.05, 4.69) is 10.6 Å². The maximum atomic E-state index is 15.4. The Morgan fingerprint density at radius 3 is 1.80 bits per heavy atom. The zero-order valence-corrected chi connectivity index (χ0v) is 23.5. The summed E-state index contributed by atoms with van der Waals surface area (Å²) in [7, 11) is 1.47. The Kier molecular flexibility index (Phi) is 10.3. The maximum Gasteiger partial charge on any atom is 0.330 e. The first-order valence-electron chi connectivity index (χ1n) is 13.5. The number of nitrogens with one attached hydrogen (secondary N) is 2. The van der Waals surface area contributed by atoms with E-state index >= 15 is 8.78 Å². The molecule has 212 valence electrons. The molecule has 0 bridgehead atoms. The normalized spacial score (nSPS) is 13.2. The van der Waals surface area contributed by atoms with E-state index in [-0.39, 0.29) is 6.42 Å². The number of benzene rings is 3. The molecule has 0 aliphatic rings. The first-order valence-corrected chi connectivity index (χ1v) is 13.5. The fraction of sp³-hybridized carbons (Fsp3) is 0.364. The molecule has 0 saturated carbocycles. The Hall–Kier alpha value is -3.87. The number of carbonyl (C=O) groups excluding carboxylic acids is 3. The lowest BCUT2D eigenvalue weighted by atomic mass is 9.84. The highest BCUT2D eigenvalue weighted by Gasteiger charge is 2.43. The van der Waals surface area contributed by atoms with Crippen molar-refractivity contribution in [1.29, 1.82) is 0 Å². The second kappa shape index (κ2) is 13.5. The molecule has 0 saturated heterocycles. The maximum absolute atomic E-state index is 15.4. The lowest BCUT2D eigenvalue weighted by Gasteiger charge is -2.31. The molecule has 0 radical (unpaired) electrons. The molecule has 0 aliphatic carbocycles. The average molecular weight is 549 g/mol. The molecule has 2 atom stereocenters. The summed E-state index contributed by atoms with van der Waals surface area (Å²) in [5, 5.41) is 5.26. The molecule has 40 heavy (non-hydrogen) atoms. The number of likely N-dealkylation sites (N-methyl/N-ethyl adjacent to an activating group) is 1. The van der Waals surface area contributed by atoms with Crippen LogP contribution in [0, 0.1) is 11.3 Å². The van der Waals surface area contributed by atoms with E-state index in [0.717, 1.165) is 16.7 Å². The third-order valence-corrected chi connectivity index (χ3v) is 7.01. The Balaban J connectivity index is 1.78. The van der Waals surface area contributed by atoms with Crippen molar-refractivity contribution in [3.63, 3.8) is 0 Å². The molecule has 2 N–H and O–H groups in total. The highest BCUT2D eigenvalue weighted by Crippen LogP contribution is 2.33. The van der Waals surface area contributed by atoms with E-state index in [4.69, 9.17) is 0 Å². The van der Waals surface area contributed by atoms with Crippen LogP contribution in [0.4, 0.5) is 8.78 Å². The number of rotatable bonds is 12. The van der Waals surface area contributed by atoms with Crippen molar-refractivity contribution in [2.75, 3.05) is 7.05 Å². The fourth-order valence-electron chi connectivity index (χ4n) is 4.57. The van der Waals surface area contributed by atoms with Crippen molar-refractivity contribution in [1.82, 2.24) is 10.6 Å². The van der Waals surface area contributed by atoms with Gasteiger partial charge in [0.25, 0.3) is 0 Å². The molecule has 1 unspecified atom stereocenters. The number of halogens is 2. The van der Waals surface area contributed by atoms with Gasteiger partial charge in [0.1, 0.15) is 6.04 Å². The number of hydrogen-bond donors (Lipinski definition) is 2. The van der Waals surface area contributed by atoms with Gasteiger partial charge in [0.15, 0.2) is 0 Å². The van der Waals surface area contributed by atoms with Crippen LogP contribution in [0.25, 0.3) is 0 Å². The molecular weight excluding hydrogens is 510 g/mol. The van der Waals surface area contributed by atoms with Crippen molar-refractivity contribution < 1.29 is 23.2 Å². The Bertz CT molecular complexity index is 1270. The number of hydrogen-bond acceptors (Lipinski definition) is 3. The smallest absolute Gasteiger partial charge is 0.330 e. The van der Waals surface area contributed by atoms with Gasteiger partial charge in [-0.05, 0) is 41.4 Å². The predicted octanol–water partition coefficient (Wildman–Crippen LogP) is 5.85. The zero-order chi connectivity index (χ0) is 29.3. The van der Waals surface area contributed by atoms with Gasteiger partial charge in [0.2, 0.25) is 17.6 Å². The second-order valence-electron chi connectivity index (χ2n) is 11.2. The number of aryl methyl sites for hydroxylation is 1. The first-order chi connectivity index (χ1) is 18.9. The number of alkyl halides is 2. The van der Waals surface area contributed by atoms with E-state index in [9.17, 15) is 14.4 Å². The summed E-state index contributed by atoms with van der Waals surface area (Å²) in [6.45, 7) is 5.40. The summed E-state index contributed by atoms with van der Waals surface area (Å²) >= 11 is 0. The number of ketones is 1. The molecule has 3 aromatic rings. The van der Waals surface area contributed by atoms with Gasteiger partial charge in [-0.15, -0.1) is 0 Å². The van der Waals surface area contributed by atoms with Gasteiger partial charge in [-0.25, -0.2) is 0 Å². The van der Waals surface area contributed by atoms with E-state index in [1.807, 2.05) is 60.7 Å². The highest BCUT2D eigenvalue weighted by atomic mass is 19.3. The summed E-state index contributed by atoms with van der Waals surface area (Å²) in [6, 6.07) is 23.8. The Morgan fingerprint density at radius 1 is 0.750 bits per heavy atom. The van der Waals surface area contributed by atoms with Crippen LogP contribution in [0.3, 0.4) is 0 Å². The largest absolute Gasteiger partial charge is 0.357 e. The van der Waals surface area contributed by atoms with E-state index in [1.165, 1.54) is 19.2 Å². The van der Waals surface area contributed by atoms with Crippen LogP contribution in [-0.2, 0) is 33.1 Å². The number of carbonyl (C=O) groups is 3. The van der Waals surface area contributed by atoms with Gasteiger partial charge in [-0.2, -0.15) is 8.78 Å². The average Bonchev–Trinajstić information content (AvgIpc) is 2.94. The molecular formula is C33H38F2N2O3. The summed E-state index contributed by atoms with van der Waals surface area (Å²) in [6.07, 6.45) is 0.537. The Labute approximate surface area is 235 Å². The highest BCUT2D eigenvalue weighted by molar-refractivity contribution is 5.93. The quantitative estimate of drug-likeness (QED) is 0.298. The SMILES string of the molecule is CNC(=O)[C@@H](NC(=O)C(CCc1ccccc1)CC(=O)C(F)(F)c1ccc(Cc2ccccc2)cc1)C(C)(C)C. The molecule has 3 rings (SSSR count). The van der Waals surface area contributed by atoms with E-state index < -0.39 is 52.9 Å². The molecule has 0 spiro atoms. The van der Waals surface area contributed by atoms with Crippen LogP contribution in [0.2, 0.25) is 0 Å². The minimum absolute atomic E-state index is 0.179. The summed E-state index contributed by atoms with van der Waals surface area (Å²) in [5.41, 5.74) is 1.79. The lowest BCUT2D eigenvalue weighted by Crippen LogP contribution is -2.54. The molecule has 0 fully saturated rings. The van der Waals surface area contributed by atoms with Crippen LogP contribution in [0.15, 0.2) is 84.9 Å². The molecule has 7 heteroatoms. The molecule has 5 nitrogen and oxygen atoms in total. The first kappa shape index (κ1) is 30.7. The summed E-state index contributed by atoms with van der Waals surface area (Å²) in [5.74, 6) is -7.12. The van der Waals surface area contributed by atoms with Gasteiger partial charge >= 0.3 is 5.92 Å². The van der Waals surface area contributed by atoms with Gasteiger partial charge in [0.05, 0.1) is 0 Å². The van der Waals surface area contributed by atoms with Crippen molar-refractivity contribution in [2.24, 2.45) is 11.3 Å². The second-order valence-corrected chi connectivity index (χ2v) is 11.2. The fourth-order valence-corrected chi connectivity index (χ4v) is 4.57. The standard InChI is InChI=1S/C33H38F2N2O3/c1-32(2,3)29(31(40)36-4)37-30(39)26(18-15-23-11-7-5-8-12-23)22-28(38)33(34,35)27-19-16-25(17-20-27)21-24-13-9-6-10-14-24/h5-14,16-17,19-20,26,29H,15,18,21-22H2,1-4H3,(H,36,40)(H,37,39)/t26?,29-/m1/s1. The van der Waals surface area contributed by atoms with Crippen molar-refractivity contribution >= 4 is 17.6 Å². The van der Waals surface area contributed by atoms with E-state index in [0.29, 0.717) is 12.8 Å². The third kappa shape index (κ3) is 8.31. The number of Topliss-reactive ketones (excluding diaryl/α,β-unsaturated/α-hetero) is 1. The zero-order valence-electron chi connectivity index (χ0n) is 23.5. The van der Waals surface area contributed by atoms with Gasteiger partial charge < -0.3 is 10.6 Å². The van der Waals surface area contributed by atoms with Gasteiger partial charge in [0, 0.05) is 24.9 Å². The Morgan fingerprint density at radius 2 is 1.27 bits per heavy atom. The molecule has 0 heterocycles. The van der Waals surface area contributed by atoms with Gasteiger partial charge in [-0.1, -0.05) is 106 Å². The summed E-state index contributed by atoms with van der Waals surface area (Å²) in [4.78, 5) is 38.9. The topological polar surface area (TPSA) is 75.3 Å². The molecule has 2 amide bonds. The van der Waals surface area contributed by atoms with Crippen LogP contribution >= 0.6 is 0 Å². The minimum atomic E-state index is -3.76. The van der Waals surface area contributed by atoms with Crippen molar-refractivity contribution in [3.8, 4) is 0 Å². The molecule has 0 aromatic heterocycles. The predicted molar refractivity (Wildman–Crippen MR) is 153 cm³/mol. The monoisotopic (exact) mass is 548 g/mol.